The average Bonchev–Trinajstić information content (AvgIpc) is 3.42. The van der Waals surface area contributed by atoms with Gasteiger partial charge in [0, 0.05) is 6.54 Å². The molecule has 0 unspecified atom stereocenters. The fraction of sp³-hybridized carbons (Fsp3) is 0.105. The van der Waals surface area contributed by atoms with E-state index in [2.05, 4.69) is 25.7 Å². The van der Waals surface area contributed by atoms with Gasteiger partial charge in [0.1, 0.15) is 18.5 Å². The van der Waals surface area contributed by atoms with Gasteiger partial charge in [0.25, 0.3) is 5.91 Å². The Bertz CT molecular complexity index is 1200. The topological polar surface area (TPSA) is 90.5 Å². The van der Waals surface area contributed by atoms with Crippen LogP contribution in [0.25, 0.3) is 11.4 Å². The lowest BCUT2D eigenvalue weighted by Crippen LogP contribution is -2.27. The third-order valence-corrected chi connectivity index (χ3v) is 4.28. The molecule has 0 aliphatic carbocycles. The van der Waals surface area contributed by atoms with Crippen LogP contribution in [0.5, 0.6) is 0 Å². The number of aromatic nitrogens is 6. The molecule has 2 heterocycles. The first-order valence-corrected chi connectivity index (χ1v) is 8.84. The van der Waals surface area contributed by atoms with Crippen molar-refractivity contribution in [2.24, 2.45) is 0 Å². The van der Waals surface area contributed by atoms with Crippen LogP contribution in [0, 0.1) is 5.82 Å². The third kappa shape index (κ3) is 4.27. The van der Waals surface area contributed by atoms with E-state index in [1.807, 2.05) is 0 Å². The highest BCUT2D eigenvalue weighted by molar-refractivity contribution is 5.93. The van der Waals surface area contributed by atoms with Crippen molar-refractivity contribution in [3.8, 4) is 11.4 Å². The molecule has 0 atom stereocenters. The number of carbonyl (C=O) groups excluding carboxylic acids is 1. The Hall–Kier alpha value is -4.09. The number of halogens is 4. The lowest BCUT2D eigenvalue weighted by molar-refractivity contribution is -0.143. The highest BCUT2D eigenvalue weighted by Gasteiger charge is 2.42. The van der Waals surface area contributed by atoms with Crippen molar-refractivity contribution >= 4 is 5.91 Å². The van der Waals surface area contributed by atoms with E-state index in [9.17, 15) is 22.4 Å². The lowest BCUT2D eigenvalue weighted by Gasteiger charge is -2.11. The maximum absolute atomic E-state index is 13.6. The number of benzene rings is 2. The van der Waals surface area contributed by atoms with Crippen LogP contribution in [0.4, 0.5) is 17.6 Å². The quantitative estimate of drug-likeness (QED) is 0.491. The molecule has 0 aliphatic rings. The molecule has 0 bridgehead atoms. The number of amides is 1. The molecule has 4 aromatic rings. The van der Waals surface area contributed by atoms with E-state index in [-0.39, 0.29) is 12.2 Å². The predicted molar refractivity (Wildman–Crippen MR) is 98.8 cm³/mol. The van der Waals surface area contributed by atoms with E-state index >= 15 is 0 Å². The minimum absolute atomic E-state index is 0.0411. The minimum Gasteiger partial charge on any atom is -0.346 e. The molecule has 12 heteroatoms. The summed E-state index contributed by atoms with van der Waals surface area (Å²) in [4.78, 5) is 16.3. The molecule has 0 radical (unpaired) electrons. The standard InChI is InChI=1S/C19H13F4N7O/c20-13-2-1-3-15(8-13)30-17(19(21,22)23)16(27-28-30)18(31)25-9-12-4-6-14(7-5-12)29-11-24-10-26-29/h1-8,10-11H,9H2,(H,25,31). The summed E-state index contributed by atoms with van der Waals surface area (Å²) >= 11 is 0. The van der Waals surface area contributed by atoms with Crippen molar-refractivity contribution in [3.05, 3.63) is 84.0 Å². The number of nitrogens with one attached hydrogen (secondary N) is 1. The average molecular weight is 431 g/mol. The molecule has 4 rings (SSSR count). The fourth-order valence-electron chi connectivity index (χ4n) is 2.85. The first-order chi connectivity index (χ1) is 14.8. The fourth-order valence-corrected chi connectivity index (χ4v) is 2.85. The molecule has 0 fully saturated rings. The highest BCUT2D eigenvalue weighted by Crippen LogP contribution is 2.32. The summed E-state index contributed by atoms with van der Waals surface area (Å²) in [5.41, 5.74) is -1.14. The zero-order chi connectivity index (χ0) is 22.0. The summed E-state index contributed by atoms with van der Waals surface area (Å²) < 4.78 is 56.3. The molecule has 1 N–H and O–H groups in total. The summed E-state index contributed by atoms with van der Waals surface area (Å²) in [6, 6.07) is 11.2. The normalized spacial score (nSPS) is 11.5. The zero-order valence-corrected chi connectivity index (χ0v) is 15.6. The molecule has 0 saturated heterocycles. The molecule has 158 valence electrons. The Kier molecular flexibility index (Phi) is 5.19. The van der Waals surface area contributed by atoms with Gasteiger partial charge in [0.15, 0.2) is 11.4 Å². The third-order valence-electron chi connectivity index (χ3n) is 4.28. The van der Waals surface area contributed by atoms with Gasteiger partial charge in [-0.2, -0.15) is 18.3 Å². The van der Waals surface area contributed by atoms with Crippen LogP contribution in [-0.2, 0) is 12.7 Å². The maximum Gasteiger partial charge on any atom is 0.435 e. The van der Waals surface area contributed by atoms with Gasteiger partial charge in [-0.25, -0.2) is 18.7 Å². The van der Waals surface area contributed by atoms with Crippen molar-refractivity contribution in [2.75, 3.05) is 0 Å². The van der Waals surface area contributed by atoms with Gasteiger partial charge in [0.2, 0.25) is 0 Å². The molecule has 2 aromatic carbocycles. The number of hydrogen-bond acceptors (Lipinski definition) is 5. The highest BCUT2D eigenvalue weighted by atomic mass is 19.4. The van der Waals surface area contributed by atoms with E-state index in [0.717, 1.165) is 17.8 Å². The Labute approximate surface area is 172 Å². The summed E-state index contributed by atoms with van der Waals surface area (Å²) in [5.74, 6) is -1.81. The van der Waals surface area contributed by atoms with Crippen LogP contribution in [0.3, 0.4) is 0 Å². The van der Waals surface area contributed by atoms with Gasteiger partial charge in [-0.3, -0.25) is 4.79 Å². The van der Waals surface area contributed by atoms with Crippen LogP contribution >= 0.6 is 0 Å². The predicted octanol–water partition coefficient (Wildman–Crippen LogP) is 2.94. The van der Waals surface area contributed by atoms with Crippen molar-refractivity contribution in [2.45, 2.75) is 12.7 Å². The molecule has 8 nitrogen and oxygen atoms in total. The second-order valence-electron chi connectivity index (χ2n) is 6.37. The Morgan fingerprint density at radius 3 is 2.48 bits per heavy atom. The Morgan fingerprint density at radius 2 is 1.84 bits per heavy atom. The molecular formula is C19H13F4N7O. The molecule has 0 spiro atoms. The smallest absolute Gasteiger partial charge is 0.346 e. The van der Waals surface area contributed by atoms with Crippen molar-refractivity contribution < 1.29 is 22.4 Å². The summed E-state index contributed by atoms with van der Waals surface area (Å²) in [7, 11) is 0. The van der Waals surface area contributed by atoms with Gasteiger partial charge in [-0.05, 0) is 35.9 Å². The van der Waals surface area contributed by atoms with Crippen LogP contribution in [0.15, 0.2) is 61.2 Å². The number of nitrogens with zero attached hydrogens (tertiary/aromatic N) is 6. The van der Waals surface area contributed by atoms with Crippen molar-refractivity contribution in [1.82, 2.24) is 35.1 Å². The maximum atomic E-state index is 13.6. The van der Waals surface area contributed by atoms with Gasteiger partial charge in [-0.15, -0.1) is 5.10 Å². The number of rotatable bonds is 5. The minimum atomic E-state index is -4.94. The van der Waals surface area contributed by atoms with Crippen LogP contribution < -0.4 is 5.32 Å². The molecule has 0 aliphatic heterocycles. The van der Waals surface area contributed by atoms with E-state index in [0.29, 0.717) is 10.2 Å². The lowest BCUT2D eigenvalue weighted by atomic mass is 10.2. The van der Waals surface area contributed by atoms with Gasteiger partial charge >= 0.3 is 6.18 Å². The SMILES string of the molecule is O=C(NCc1ccc(-n2cncn2)cc1)c1nnn(-c2cccc(F)c2)c1C(F)(F)F. The van der Waals surface area contributed by atoms with Gasteiger partial charge < -0.3 is 5.32 Å². The van der Waals surface area contributed by atoms with Crippen molar-refractivity contribution in [1.29, 1.82) is 0 Å². The van der Waals surface area contributed by atoms with Crippen molar-refractivity contribution in [3.63, 3.8) is 0 Å². The molecule has 1 amide bonds. The number of hydrogen-bond donors (Lipinski definition) is 1. The zero-order valence-electron chi connectivity index (χ0n) is 15.6. The van der Waals surface area contributed by atoms with E-state index in [4.69, 9.17) is 0 Å². The monoisotopic (exact) mass is 431 g/mol. The molecule has 0 saturated carbocycles. The Morgan fingerprint density at radius 1 is 1.06 bits per heavy atom. The van der Waals surface area contributed by atoms with E-state index in [1.54, 1.807) is 24.3 Å². The van der Waals surface area contributed by atoms with Crippen LogP contribution in [-0.4, -0.2) is 35.7 Å². The first-order valence-electron chi connectivity index (χ1n) is 8.84. The summed E-state index contributed by atoms with van der Waals surface area (Å²) in [6.07, 6.45) is -2.05. The molecule has 31 heavy (non-hydrogen) atoms. The first kappa shape index (κ1) is 20.2. The second kappa shape index (κ2) is 7.97. The largest absolute Gasteiger partial charge is 0.435 e. The molecule has 2 aromatic heterocycles. The summed E-state index contributed by atoms with van der Waals surface area (Å²) in [5, 5.41) is 13.2. The van der Waals surface area contributed by atoms with Crippen LogP contribution in [0.2, 0.25) is 0 Å². The van der Waals surface area contributed by atoms with E-state index < -0.39 is 29.3 Å². The Balaban J connectivity index is 1.54. The van der Waals surface area contributed by atoms with E-state index in [1.165, 1.54) is 29.5 Å². The molecular weight excluding hydrogens is 418 g/mol. The number of carbonyl (C=O) groups is 1. The summed E-state index contributed by atoms with van der Waals surface area (Å²) in [6.45, 7) is -0.0411. The van der Waals surface area contributed by atoms with Gasteiger partial charge in [0.05, 0.1) is 11.4 Å². The van der Waals surface area contributed by atoms with Crippen LogP contribution in [0.1, 0.15) is 21.7 Å². The second-order valence-corrected chi connectivity index (χ2v) is 6.37. The van der Waals surface area contributed by atoms with Gasteiger partial charge in [-0.1, -0.05) is 23.4 Å². The number of alkyl halides is 3.